The number of para-hydroxylation sites is 2. The van der Waals surface area contributed by atoms with Crippen LogP contribution in [0.2, 0.25) is 0 Å². The number of nitrogen functional groups attached to an aromatic ring is 8. The number of nitrogens with one attached hydrogen (secondary N) is 1. The molecular weight excluding hydrogens is 1740 g/mol. The molecule has 5 aliphatic carbocycles. The molecule has 0 spiro atoms. The molecule has 5 aliphatic rings. The summed E-state index contributed by atoms with van der Waals surface area (Å²) < 4.78 is 0. The summed E-state index contributed by atoms with van der Waals surface area (Å²) in [5.74, 6) is 1.71. The quantitative estimate of drug-likeness (QED) is 0.0123. The number of aryl methyl sites for hydroxylation is 1. The number of H-pyrrole nitrogens is 1. The summed E-state index contributed by atoms with van der Waals surface area (Å²) >= 11 is 0. The summed E-state index contributed by atoms with van der Waals surface area (Å²) in [6.07, 6.45) is 53.7. The number of nitriles is 1. The fourth-order valence-corrected chi connectivity index (χ4v) is 18.1. The van der Waals surface area contributed by atoms with Gasteiger partial charge in [-0.25, -0.2) is 4.98 Å². The van der Waals surface area contributed by atoms with Crippen molar-refractivity contribution >= 4 is 51.1 Å². The molecule has 25 N–H and O–H groups in total. The van der Waals surface area contributed by atoms with E-state index in [1.807, 2.05) is 249 Å². The number of anilines is 8. The molecular formula is C127H133N15. The standard InChI is InChI=1S/C37H40N4.C33H34N2.C20H17N3.C14H16N2.C13H14N2.C7H8.C3H4N2/c1-3-4-9-24(2)25-14-16-26(17-15-25)37(27-18-20-35(40)31(22-27)29-10-5-7-12-33(29)38)28-19-21-36(41)32(23-28)30-11-6-8-13-34(30)39;1-3-24-22-31(16-12-28(24)18-20-34)33(32-17-13-29(19-21-35)25(4-2)23-32)30-14-10-27(11-15-30)26-8-6-5-7-9-26;21-13-14-1-3-15(4-2-14)20(16-5-9-18(22)10-6-16)17-7-11-19(23)12-8-17;1-10(11-2-6-13(15)7-3-11)12-4-8-14(16)9-5-12;14-12-5-1-10(2-6-12)9-11-3-7-13(15)8-4-11;1-7-5-3-2-4-6-7;1-2-5-3-4-1/h3-14,16,18,20-23,28,31,35,37H,1-2,15,17,19,38-41H2;3-16,18-24,28,32-33H,1-2,17,34-35H2;1-12,20H,22-23H2;2-10H,15-16H2,1H3;1-8H,9,14-15H2;2-6H,1H3;1-3H,(H,4,5)/b9-4-;20-18+,21-19+;;;;;. The van der Waals surface area contributed by atoms with Crippen LogP contribution in [0.5, 0.6) is 0 Å². The maximum Gasteiger partial charge on any atom is 0.0991 e. The fraction of sp³-hybridized carbons (Fsp3) is 0.134. The number of benzene rings is 12. The van der Waals surface area contributed by atoms with Crippen molar-refractivity contribution in [3.05, 3.63) is 588 Å². The first-order valence-corrected chi connectivity index (χ1v) is 48.0. The molecule has 8 atom stereocenters. The smallest absolute Gasteiger partial charge is 0.0991 e. The number of nitrogens with zero attached hydrogens (tertiary/aromatic N) is 2. The monoisotopic (exact) mass is 1870 g/mol. The molecule has 0 saturated carbocycles. The lowest BCUT2D eigenvalue weighted by Crippen LogP contribution is -2.30. The van der Waals surface area contributed by atoms with E-state index < -0.39 is 0 Å². The highest BCUT2D eigenvalue weighted by atomic mass is 14.8. The van der Waals surface area contributed by atoms with Crippen molar-refractivity contribution in [3.63, 3.8) is 0 Å². The largest absolute Gasteiger partial charge is 0.405 e. The number of allylic oxidation sites excluding steroid dienone is 25. The third kappa shape index (κ3) is 29.6. The van der Waals surface area contributed by atoms with Gasteiger partial charge in [-0.05, 0) is 261 Å². The predicted octanol–water partition coefficient (Wildman–Crippen LogP) is 26.4. The van der Waals surface area contributed by atoms with E-state index in [9.17, 15) is 0 Å². The maximum absolute atomic E-state index is 8.98. The summed E-state index contributed by atoms with van der Waals surface area (Å²) in [6.45, 7) is 20.4. The van der Waals surface area contributed by atoms with Crippen LogP contribution in [-0.4, -0.2) is 16.0 Å². The first-order valence-electron chi connectivity index (χ1n) is 48.0. The van der Waals surface area contributed by atoms with Crippen molar-refractivity contribution in [1.82, 2.24) is 9.97 Å². The topological polar surface area (TPSA) is 365 Å². The summed E-state index contributed by atoms with van der Waals surface area (Å²) in [5, 5.41) is 8.98. The molecule has 18 rings (SSSR count). The van der Waals surface area contributed by atoms with Gasteiger partial charge < -0.3 is 73.8 Å². The van der Waals surface area contributed by atoms with E-state index in [1.54, 1.807) is 37.2 Å². The number of aromatic amines is 1. The molecule has 12 aromatic carbocycles. The van der Waals surface area contributed by atoms with Crippen LogP contribution in [0, 0.1) is 47.8 Å². The molecule has 1 aromatic heterocycles. The van der Waals surface area contributed by atoms with Gasteiger partial charge >= 0.3 is 0 Å². The average Bonchev–Trinajstić information content (AvgIpc) is 0.780. The maximum atomic E-state index is 8.98. The number of imidazole rings is 1. The molecule has 8 unspecified atom stereocenters. The zero-order chi connectivity index (χ0) is 101. The number of nitrogens with two attached hydrogens (primary N) is 12. The lowest BCUT2D eigenvalue weighted by Gasteiger charge is -2.35. The molecule has 0 aliphatic heterocycles. The highest BCUT2D eigenvalue weighted by Crippen LogP contribution is 2.47. The molecule has 0 fully saturated rings. The Balaban J connectivity index is 0.000000160. The van der Waals surface area contributed by atoms with Gasteiger partial charge in [-0.2, -0.15) is 5.26 Å². The lowest BCUT2D eigenvalue weighted by atomic mass is 9.70. The molecule has 0 saturated heterocycles. The zero-order valence-corrected chi connectivity index (χ0v) is 81.2. The Morgan fingerprint density at radius 1 is 0.493 bits per heavy atom. The summed E-state index contributed by atoms with van der Waals surface area (Å²) in [6, 6.07) is 103. The average molecular weight is 1870 g/mol. The van der Waals surface area contributed by atoms with Crippen LogP contribution in [-0.2, 0) is 6.42 Å². The third-order valence-corrected chi connectivity index (χ3v) is 25.9. The van der Waals surface area contributed by atoms with Crippen LogP contribution in [0.4, 0.5) is 45.5 Å². The van der Waals surface area contributed by atoms with Gasteiger partial charge in [0.05, 0.1) is 18.0 Å². The van der Waals surface area contributed by atoms with Gasteiger partial charge in [0.2, 0.25) is 0 Å². The summed E-state index contributed by atoms with van der Waals surface area (Å²) in [4.78, 5) is 6.42. The molecule has 15 nitrogen and oxygen atoms in total. The number of rotatable bonds is 23. The Kier molecular flexibility index (Phi) is 38.6. The predicted molar refractivity (Wildman–Crippen MR) is 603 cm³/mol. The summed E-state index contributed by atoms with van der Waals surface area (Å²) in [7, 11) is 0. The molecule has 15 heteroatoms. The van der Waals surface area contributed by atoms with E-state index in [-0.39, 0.29) is 47.5 Å². The molecule has 0 bridgehead atoms. The minimum atomic E-state index is -0.145. The van der Waals surface area contributed by atoms with Crippen LogP contribution in [0.3, 0.4) is 0 Å². The van der Waals surface area contributed by atoms with Crippen molar-refractivity contribution in [1.29, 1.82) is 5.26 Å². The van der Waals surface area contributed by atoms with Gasteiger partial charge in [0.1, 0.15) is 0 Å². The number of hydrogen-bond acceptors (Lipinski definition) is 14. The van der Waals surface area contributed by atoms with Crippen LogP contribution in [0.15, 0.2) is 521 Å². The second kappa shape index (κ2) is 52.8. The lowest BCUT2D eigenvalue weighted by molar-refractivity contribution is 0.497. The second-order valence-electron chi connectivity index (χ2n) is 35.7. The first kappa shape index (κ1) is 104. The Bertz CT molecular complexity index is 6630. The molecule has 716 valence electrons. The third-order valence-electron chi connectivity index (χ3n) is 25.9. The van der Waals surface area contributed by atoms with E-state index in [0.29, 0.717) is 17.4 Å². The van der Waals surface area contributed by atoms with Crippen LogP contribution >= 0.6 is 0 Å². The minimum Gasteiger partial charge on any atom is -0.405 e. The molecule has 1 heterocycles. The van der Waals surface area contributed by atoms with E-state index in [4.69, 9.17) is 74.1 Å². The van der Waals surface area contributed by atoms with Gasteiger partial charge in [0.25, 0.3) is 0 Å². The van der Waals surface area contributed by atoms with E-state index in [2.05, 4.69) is 220 Å². The SMILES string of the molecule is C=C/C=C\C(=C)C1=CC=C(C(C2=CC(c3ccccc3N)C(N)C=C2)C2C=C(c3ccccc3N)C(N)=CC2)CC1.C=CC1=CC(C(C2=CC(C=C)C(/C=C/N)C=C2)c2ccc(-c3ccccc3)cc2)CC=C1/C=C/N.CC(c1ccc(N)cc1)c1ccc(N)cc1.Cc1ccccc1.N#Cc1ccc(C(c2ccc(N)cc2)c2ccc(N)cc2)cc1.Nc1ccc(Cc2ccc(N)cc2)cc1.c1c[nH]cn1. The molecule has 0 radical (unpaired) electrons. The highest BCUT2D eigenvalue weighted by molar-refractivity contribution is 5.85. The van der Waals surface area contributed by atoms with Gasteiger partial charge in [-0.3, -0.25) is 0 Å². The number of hydrogen-bond donors (Lipinski definition) is 13. The van der Waals surface area contributed by atoms with Crippen LogP contribution in [0.1, 0.15) is 123 Å². The minimum absolute atomic E-state index is 0.00442. The van der Waals surface area contributed by atoms with Gasteiger partial charge in [0, 0.05) is 122 Å². The van der Waals surface area contributed by atoms with E-state index in [1.165, 1.54) is 66.8 Å². The van der Waals surface area contributed by atoms with Crippen LogP contribution in [0.25, 0.3) is 16.7 Å². The Morgan fingerprint density at radius 2 is 0.993 bits per heavy atom. The van der Waals surface area contributed by atoms with Crippen molar-refractivity contribution in [2.24, 2.45) is 52.5 Å². The fourth-order valence-electron chi connectivity index (χ4n) is 18.1. The van der Waals surface area contributed by atoms with Gasteiger partial charge in [-0.1, -0.05) is 353 Å². The zero-order valence-electron chi connectivity index (χ0n) is 81.2. The van der Waals surface area contributed by atoms with Gasteiger partial charge in [-0.15, -0.1) is 6.58 Å². The highest BCUT2D eigenvalue weighted by Gasteiger charge is 2.34. The second-order valence-corrected chi connectivity index (χ2v) is 35.7. The van der Waals surface area contributed by atoms with Crippen LogP contribution < -0.4 is 68.8 Å². The van der Waals surface area contributed by atoms with Crippen molar-refractivity contribution < 1.29 is 0 Å². The first-order chi connectivity index (χ1) is 69.0. The summed E-state index contributed by atoms with van der Waals surface area (Å²) in [5.41, 5.74) is 104. The van der Waals surface area contributed by atoms with Crippen molar-refractivity contribution in [2.75, 3.05) is 45.9 Å². The number of aromatic nitrogens is 2. The molecule has 0 amide bonds. The van der Waals surface area contributed by atoms with Gasteiger partial charge in [0.15, 0.2) is 0 Å². The molecule has 13 aromatic rings. The van der Waals surface area contributed by atoms with Crippen molar-refractivity contribution in [2.45, 2.75) is 75.7 Å². The van der Waals surface area contributed by atoms with E-state index in [0.717, 1.165) is 133 Å². The Hall–Kier alpha value is -17.3. The molecule has 142 heavy (non-hydrogen) atoms. The Labute approximate surface area is 839 Å². The van der Waals surface area contributed by atoms with E-state index >= 15 is 0 Å². The Morgan fingerprint density at radius 3 is 1.48 bits per heavy atom. The van der Waals surface area contributed by atoms with Crippen molar-refractivity contribution in [3.8, 4) is 17.2 Å². The normalized spacial score (nSPS) is 17.0.